The molecule has 1 aliphatic heterocycles. The molecule has 7 nitrogen and oxygen atoms in total. The Kier molecular flexibility index (Phi) is 10.0. The van der Waals surface area contributed by atoms with Crippen molar-refractivity contribution in [1.82, 2.24) is 9.80 Å². The minimum Gasteiger partial charge on any atom is -0.393 e. The van der Waals surface area contributed by atoms with Crippen LogP contribution in [-0.4, -0.2) is 76.5 Å². The molecule has 1 unspecified atom stereocenters. The number of amides is 2. The number of hydrogen-bond acceptors (Lipinski definition) is 5. The summed E-state index contributed by atoms with van der Waals surface area (Å²) in [6.45, 7) is 3.09. The van der Waals surface area contributed by atoms with Crippen LogP contribution in [0.3, 0.4) is 0 Å². The number of rotatable bonds is 9. The third-order valence-electron chi connectivity index (χ3n) is 6.92. The summed E-state index contributed by atoms with van der Waals surface area (Å²) in [5, 5.41) is 21.5. The average molecular weight is 594 g/mol. The van der Waals surface area contributed by atoms with E-state index in [0.717, 1.165) is 18.2 Å². The lowest BCUT2D eigenvalue weighted by Gasteiger charge is -2.35. The number of hydrogen-bond donors (Lipinski definition) is 3. The van der Waals surface area contributed by atoms with Gasteiger partial charge in [-0.3, -0.25) is 14.5 Å². The third kappa shape index (κ3) is 7.54. The SMILES string of the molecule is CCC(O)CCC(=O)Nc1ccc(C(=O)N2CCN(Cc3ccc(C(O)(C(F)(F)F)C(F)(F)F)cc3)CC2)cc1F. The monoisotopic (exact) mass is 593 g/mol. The molecule has 3 rings (SSSR count). The minimum absolute atomic E-state index is 0.00682. The van der Waals surface area contributed by atoms with Gasteiger partial charge in [-0.15, -0.1) is 0 Å². The molecule has 1 fully saturated rings. The van der Waals surface area contributed by atoms with Gasteiger partial charge in [-0.25, -0.2) is 4.39 Å². The molecule has 0 bridgehead atoms. The number of anilines is 1. The molecule has 41 heavy (non-hydrogen) atoms. The molecule has 2 aromatic carbocycles. The molecule has 1 aliphatic rings. The minimum atomic E-state index is -5.97. The second kappa shape index (κ2) is 12.7. The van der Waals surface area contributed by atoms with E-state index >= 15 is 0 Å². The highest BCUT2D eigenvalue weighted by Gasteiger charge is 2.71. The Bertz CT molecular complexity index is 1200. The quantitative estimate of drug-likeness (QED) is 0.370. The summed E-state index contributed by atoms with van der Waals surface area (Å²) in [6.07, 6.45) is -11.8. The first-order valence-corrected chi connectivity index (χ1v) is 12.8. The van der Waals surface area contributed by atoms with Gasteiger partial charge in [0.1, 0.15) is 5.82 Å². The molecule has 0 aliphatic carbocycles. The maximum Gasteiger partial charge on any atom is 0.430 e. The predicted octanol–water partition coefficient (Wildman–Crippen LogP) is 4.59. The summed E-state index contributed by atoms with van der Waals surface area (Å²) in [7, 11) is 0. The lowest BCUT2D eigenvalue weighted by molar-refractivity contribution is -0.376. The molecule has 3 N–H and O–H groups in total. The van der Waals surface area contributed by atoms with Gasteiger partial charge in [-0.1, -0.05) is 31.2 Å². The first-order chi connectivity index (χ1) is 19.1. The van der Waals surface area contributed by atoms with E-state index in [0.29, 0.717) is 37.2 Å². The van der Waals surface area contributed by atoms with Crippen molar-refractivity contribution in [1.29, 1.82) is 0 Å². The lowest BCUT2D eigenvalue weighted by Crippen LogP contribution is -2.53. The highest BCUT2D eigenvalue weighted by molar-refractivity contribution is 5.96. The van der Waals surface area contributed by atoms with Crippen molar-refractivity contribution in [3.8, 4) is 0 Å². The maximum absolute atomic E-state index is 14.6. The van der Waals surface area contributed by atoms with Crippen LogP contribution >= 0.6 is 0 Å². The highest BCUT2D eigenvalue weighted by atomic mass is 19.4. The Morgan fingerprint density at radius 1 is 0.951 bits per heavy atom. The van der Waals surface area contributed by atoms with Gasteiger partial charge in [0.15, 0.2) is 0 Å². The van der Waals surface area contributed by atoms with Crippen LogP contribution in [0, 0.1) is 5.82 Å². The molecule has 0 spiro atoms. The van der Waals surface area contributed by atoms with Crippen molar-refractivity contribution in [3.63, 3.8) is 0 Å². The standard InChI is InChI=1S/C27H30F7N3O4/c1-2-20(38)8-10-23(39)35-22-9-5-18(15-21(22)28)24(40)37-13-11-36(12-14-37)16-17-3-6-19(7-4-17)25(41,26(29,30)31)27(32,33)34/h3-7,9,15,20,38,41H,2,8,10-14,16H2,1H3,(H,35,39). The Balaban J connectivity index is 1.56. The third-order valence-corrected chi connectivity index (χ3v) is 6.92. The normalized spacial score (nSPS) is 16.0. The Hall–Kier alpha value is -3.23. The van der Waals surface area contributed by atoms with Gasteiger partial charge in [0.05, 0.1) is 11.8 Å². The Morgan fingerprint density at radius 2 is 1.54 bits per heavy atom. The van der Waals surface area contributed by atoms with Crippen molar-refractivity contribution in [2.75, 3.05) is 31.5 Å². The summed E-state index contributed by atoms with van der Waals surface area (Å²) in [4.78, 5) is 28.2. The first-order valence-electron chi connectivity index (χ1n) is 12.8. The average Bonchev–Trinajstić information content (AvgIpc) is 2.91. The molecule has 226 valence electrons. The van der Waals surface area contributed by atoms with Crippen molar-refractivity contribution in [3.05, 3.63) is 65.0 Å². The number of piperazine rings is 1. The first kappa shape index (κ1) is 32.3. The van der Waals surface area contributed by atoms with Gasteiger partial charge in [0, 0.05) is 50.3 Å². The van der Waals surface area contributed by atoms with Crippen LogP contribution in [0.2, 0.25) is 0 Å². The number of nitrogens with one attached hydrogen (secondary N) is 1. The van der Waals surface area contributed by atoms with Crippen LogP contribution in [-0.2, 0) is 16.9 Å². The van der Waals surface area contributed by atoms with E-state index < -0.39 is 47.3 Å². The molecular formula is C27H30F7N3O4. The van der Waals surface area contributed by atoms with Gasteiger partial charge in [-0.05, 0) is 36.6 Å². The van der Waals surface area contributed by atoms with Gasteiger partial charge >= 0.3 is 12.4 Å². The number of carbonyl (C=O) groups excluding carboxylic acids is 2. The van der Waals surface area contributed by atoms with Crippen LogP contribution in [0.5, 0.6) is 0 Å². The molecule has 2 aromatic rings. The number of aliphatic hydroxyl groups is 2. The summed E-state index contributed by atoms with van der Waals surface area (Å²) in [5.41, 5.74) is -5.97. The van der Waals surface area contributed by atoms with Gasteiger partial charge in [-0.2, -0.15) is 26.3 Å². The van der Waals surface area contributed by atoms with Gasteiger partial charge in [0.2, 0.25) is 5.91 Å². The number of carbonyl (C=O) groups is 2. The summed E-state index contributed by atoms with van der Waals surface area (Å²) < 4.78 is 93.1. The highest BCUT2D eigenvalue weighted by Crippen LogP contribution is 2.50. The Labute approximate surface area is 231 Å². The molecule has 2 amide bonds. The molecule has 1 saturated heterocycles. The molecule has 14 heteroatoms. The van der Waals surface area contributed by atoms with Crippen LogP contribution < -0.4 is 5.32 Å². The summed E-state index contributed by atoms with van der Waals surface area (Å²) in [6, 6.07) is 6.98. The maximum atomic E-state index is 14.6. The van der Waals surface area contributed by atoms with E-state index in [9.17, 15) is 50.5 Å². The zero-order chi connectivity index (χ0) is 30.6. The molecule has 1 heterocycles. The second-order valence-corrected chi connectivity index (χ2v) is 9.81. The fraction of sp³-hybridized carbons (Fsp3) is 0.481. The molecule has 0 aromatic heterocycles. The topological polar surface area (TPSA) is 93.1 Å². The predicted molar refractivity (Wildman–Crippen MR) is 134 cm³/mol. The Morgan fingerprint density at radius 3 is 2.05 bits per heavy atom. The zero-order valence-corrected chi connectivity index (χ0v) is 22.0. The lowest BCUT2D eigenvalue weighted by atomic mass is 9.91. The molecular weight excluding hydrogens is 563 g/mol. The zero-order valence-electron chi connectivity index (χ0n) is 22.0. The molecule has 1 atom stereocenters. The number of aliphatic hydroxyl groups excluding tert-OH is 1. The van der Waals surface area contributed by atoms with Crippen LogP contribution in [0.25, 0.3) is 0 Å². The van der Waals surface area contributed by atoms with Crippen molar-refractivity contribution in [2.24, 2.45) is 0 Å². The molecule has 0 radical (unpaired) electrons. The van der Waals surface area contributed by atoms with Crippen molar-refractivity contribution >= 4 is 17.5 Å². The van der Waals surface area contributed by atoms with E-state index in [1.807, 2.05) is 4.90 Å². The second-order valence-electron chi connectivity index (χ2n) is 9.81. The van der Waals surface area contributed by atoms with E-state index in [2.05, 4.69) is 5.32 Å². The van der Waals surface area contributed by atoms with E-state index in [1.165, 1.54) is 17.0 Å². The summed E-state index contributed by atoms with van der Waals surface area (Å²) in [5.74, 6) is -1.72. The van der Waals surface area contributed by atoms with Crippen molar-refractivity contribution < 1.29 is 50.5 Å². The van der Waals surface area contributed by atoms with E-state index in [4.69, 9.17) is 0 Å². The van der Waals surface area contributed by atoms with E-state index in [1.54, 1.807) is 6.92 Å². The number of halogens is 7. The van der Waals surface area contributed by atoms with E-state index in [-0.39, 0.29) is 43.7 Å². The fourth-order valence-electron chi connectivity index (χ4n) is 4.35. The van der Waals surface area contributed by atoms with Crippen LogP contribution in [0.4, 0.5) is 36.4 Å². The fourth-order valence-corrected chi connectivity index (χ4v) is 4.35. The van der Waals surface area contributed by atoms with Gasteiger partial charge < -0.3 is 20.4 Å². The molecule has 0 saturated carbocycles. The van der Waals surface area contributed by atoms with Crippen LogP contribution in [0.1, 0.15) is 47.7 Å². The van der Waals surface area contributed by atoms with Crippen LogP contribution in [0.15, 0.2) is 42.5 Å². The smallest absolute Gasteiger partial charge is 0.393 e. The van der Waals surface area contributed by atoms with Gasteiger partial charge in [0.25, 0.3) is 11.5 Å². The summed E-state index contributed by atoms with van der Waals surface area (Å²) >= 11 is 0. The van der Waals surface area contributed by atoms with Crippen molar-refractivity contribution in [2.45, 2.75) is 56.8 Å². The number of alkyl halides is 6. The number of benzene rings is 2. The number of nitrogens with zero attached hydrogens (tertiary/aromatic N) is 2. The largest absolute Gasteiger partial charge is 0.430 e.